The van der Waals surface area contributed by atoms with Crippen LogP contribution in [0.3, 0.4) is 0 Å². The van der Waals surface area contributed by atoms with Crippen LogP contribution in [-0.2, 0) is 11.0 Å². The van der Waals surface area contributed by atoms with Gasteiger partial charge in [-0.15, -0.1) is 0 Å². The van der Waals surface area contributed by atoms with E-state index in [-0.39, 0.29) is 36.3 Å². The first kappa shape index (κ1) is 22.3. The Morgan fingerprint density at radius 1 is 0.938 bits per heavy atom. The fourth-order valence-electron chi connectivity index (χ4n) is 4.91. The lowest BCUT2D eigenvalue weighted by molar-refractivity contribution is -0.137. The van der Waals surface area contributed by atoms with Crippen molar-refractivity contribution in [2.75, 3.05) is 11.9 Å². The maximum Gasteiger partial charge on any atom is 0.418 e. The Kier molecular flexibility index (Phi) is 6.50. The van der Waals surface area contributed by atoms with E-state index in [0.29, 0.717) is 5.56 Å². The summed E-state index contributed by atoms with van der Waals surface area (Å²) in [6, 6.07) is 14.3. The molecule has 2 aromatic rings. The third-order valence-electron chi connectivity index (χ3n) is 6.33. The van der Waals surface area contributed by atoms with Crippen molar-refractivity contribution in [1.82, 2.24) is 10.2 Å². The highest BCUT2D eigenvalue weighted by Crippen LogP contribution is 2.36. The summed E-state index contributed by atoms with van der Waals surface area (Å²) in [4.78, 5) is 27.3. The number of nitrogens with one attached hydrogen (secondary N) is 2. The molecule has 2 aliphatic rings. The van der Waals surface area contributed by atoms with Crippen molar-refractivity contribution < 1.29 is 22.8 Å². The third-order valence-corrected chi connectivity index (χ3v) is 6.33. The lowest BCUT2D eigenvalue weighted by Gasteiger charge is -2.48. The summed E-state index contributed by atoms with van der Waals surface area (Å²) in [6.45, 7) is 0.0425. The van der Waals surface area contributed by atoms with Crippen LogP contribution >= 0.6 is 0 Å². The van der Waals surface area contributed by atoms with Gasteiger partial charge in [-0.1, -0.05) is 36.8 Å². The molecule has 170 valence electrons. The Morgan fingerprint density at radius 3 is 2.22 bits per heavy atom. The second-order valence-electron chi connectivity index (χ2n) is 8.51. The highest BCUT2D eigenvalue weighted by molar-refractivity contribution is 5.94. The summed E-state index contributed by atoms with van der Waals surface area (Å²) in [6.07, 6.45) is -0.233. The predicted molar refractivity (Wildman–Crippen MR) is 115 cm³/mol. The zero-order chi connectivity index (χ0) is 22.7. The van der Waals surface area contributed by atoms with Crippen LogP contribution in [0.25, 0.3) is 0 Å². The maximum absolute atomic E-state index is 13.2. The molecule has 2 saturated heterocycles. The normalized spacial score (nSPS) is 23.4. The van der Waals surface area contributed by atoms with E-state index < -0.39 is 17.6 Å². The molecule has 2 fully saturated rings. The van der Waals surface area contributed by atoms with E-state index >= 15 is 0 Å². The molecule has 5 nitrogen and oxygen atoms in total. The first-order valence-electron chi connectivity index (χ1n) is 10.9. The van der Waals surface area contributed by atoms with Crippen molar-refractivity contribution in [3.05, 3.63) is 65.7 Å². The van der Waals surface area contributed by atoms with Gasteiger partial charge in [-0.3, -0.25) is 14.5 Å². The minimum atomic E-state index is -4.53. The average molecular weight is 445 g/mol. The molecule has 0 unspecified atom stereocenters. The second kappa shape index (κ2) is 9.32. The summed E-state index contributed by atoms with van der Waals surface area (Å²) in [5.74, 6) is -0.561. The van der Waals surface area contributed by atoms with Crippen molar-refractivity contribution >= 4 is 17.5 Å². The fraction of sp³-hybridized carbons (Fsp3) is 0.417. The minimum Gasteiger partial charge on any atom is -0.349 e. The lowest BCUT2D eigenvalue weighted by Crippen LogP contribution is -2.58. The van der Waals surface area contributed by atoms with Crippen LogP contribution < -0.4 is 10.6 Å². The summed E-state index contributed by atoms with van der Waals surface area (Å²) in [7, 11) is 0. The number of carbonyl (C=O) groups excluding carboxylic acids is 2. The molecule has 32 heavy (non-hydrogen) atoms. The van der Waals surface area contributed by atoms with Crippen molar-refractivity contribution in [1.29, 1.82) is 0 Å². The number of carbonyl (C=O) groups is 2. The van der Waals surface area contributed by atoms with Crippen molar-refractivity contribution in [3.63, 3.8) is 0 Å². The summed E-state index contributed by atoms with van der Waals surface area (Å²) >= 11 is 0. The van der Waals surface area contributed by atoms with Crippen molar-refractivity contribution in [2.45, 2.75) is 56.4 Å². The molecule has 2 amide bonds. The number of alkyl halides is 3. The van der Waals surface area contributed by atoms with Crippen LogP contribution in [0.4, 0.5) is 18.9 Å². The lowest BCUT2D eigenvalue weighted by atomic mass is 9.81. The molecular formula is C24H26F3N3O2. The van der Waals surface area contributed by atoms with E-state index in [1.807, 2.05) is 18.2 Å². The van der Waals surface area contributed by atoms with Crippen molar-refractivity contribution in [3.8, 4) is 0 Å². The van der Waals surface area contributed by atoms with Crippen LogP contribution in [0.1, 0.15) is 48.0 Å². The Balaban J connectivity index is 1.38. The summed E-state index contributed by atoms with van der Waals surface area (Å²) < 4.78 is 39.7. The van der Waals surface area contributed by atoms with Gasteiger partial charge in [0.15, 0.2) is 0 Å². The Labute approximate surface area is 185 Å². The molecule has 0 aliphatic carbocycles. The minimum absolute atomic E-state index is 0.0169. The van der Waals surface area contributed by atoms with Crippen LogP contribution in [0.2, 0.25) is 0 Å². The Hall–Kier alpha value is -2.87. The largest absolute Gasteiger partial charge is 0.418 e. The number of rotatable bonds is 5. The Bertz CT molecular complexity index is 950. The van der Waals surface area contributed by atoms with E-state index in [0.717, 1.165) is 38.2 Å². The quantitative estimate of drug-likeness (QED) is 0.715. The highest BCUT2D eigenvalue weighted by Gasteiger charge is 2.40. The number of anilines is 1. The van der Waals surface area contributed by atoms with Crippen molar-refractivity contribution in [2.24, 2.45) is 0 Å². The molecule has 2 heterocycles. The van der Waals surface area contributed by atoms with E-state index in [4.69, 9.17) is 0 Å². The second-order valence-corrected chi connectivity index (χ2v) is 8.51. The molecule has 0 saturated carbocycles. The standard InChI is InChI=1S/C24H26F3N3O2/c25-24(26,27)20-11-4-5-12-21(20)29-22(31)15-30-18-9-6-10-19(30)14-17(13-18)28-23(32)16-7-2-1-3-8-16/h1-5,7-8,11-12,17-19H,6,9-10,13-15H2,(H,28,32)(H,29,31)/t18-,19-/m0/s1. The third kappa shape index (κ3) is 5.12. The predicted octanol–water partition coefficient (Wildman–Crippen LogP) is 4.46. The van der Waals surface area contributed by atoms with E-state index in [1.54, 1.807) is 12.1 Å². The average Bonchev–Trinajstić information content (AvgIpc) is 2.74. The number of piperidine rings is 2. The molecule has 0 aromatic heterocycles. The van der Waals surface area contributed by atoms with Crippen LogP contribution in [-0.4, -0.2) is 41.4 Å². The smallest absolute Gasteiger partial charge is 0.349 e. The number of amides is 2. The van der Waals surface area contributed by atoms with E-state index in [9.17, 15) is 22.8 Å². The number of para-hydroxylation sites is 1. The molecule has 2 atom stereocenters. The van der Waals surface area contributed by atoms with Gasteiger partial charge in [0, 0.05) is 23.7 Å². The van der Waals surface area contributed by atoms with Gasteiger partial charge in [0.05, 0.1) is 17.8 Å². The van der Waals surface area contributed by atoms with Gasteiger partial charge in [0.1, 0.15) is 0 Å². The number of fused-ring (bicyclic) bond motifs is 2. The SMILES string of the molecule is O=C(CN1[C@H]2CCC[C@H]1CC(NC(=O)c1ccccc1)C2)Nc1ccccc1C(F)(F)F. The molecule has 0 spiro atoms. The number of halogens is 3. The monoisotopic (exact) mass is 445 g/mol. The first-order valence-corrected chi connectivity index (χ1v) is 10.9. The zero-order valence-corrected chi connectivity index (χ0v) is 17.6. The number of benzene rings is 2. The first-order chi connectivity index (χ1) is 15.3. The van der Waals surface area contributed by atoms with Gasteiger partial charge in [0.25, 0.3) is 5.91 Å². The van der Waals surface area contributed by atoms with Gasteiger partial charge in [-0.05, 0) is 49.9 Å². The fourth-order valence-corrected chi connectivity index (χ4v) is 4.91. The van der Waals surface area contributed by atoms with E-state index in [1.165, 1.54) is 18.2 Å². The number of nitrogens with zero attached hydrogens (tertiary/aromatic N) is 1. The number of hydrogen-bond donors (Lipinski definition) is 2. The topological polar surface area (TPSA) is 61.4 Å². The van der Waals surface area contributed by atoms with Crippen LogP contribution in [0, 0.1) is 0 Å². The summed E-state index contributed by atoms with van der Waals surface area (Å²) in [5.41, 5.74) is -0.459. The van der Waals surface area contributed by atoms with Crippen LogP contribution in [0.15, 0.2) is 54.6 Å². The molecule has 2 aliphatic heterocycles. The molecular weight excluding hydrogens is 419 g/mol. The van der Waals surface area contributed by atoms with Gasteiger partial charge in [-0.2, -0.15) is 13.2 Å². The van der Waals surface area contributed by atoms with Crippen LogP contribution in [0.5, 0.6) is 0 Å². The molecule has 2 aromatic carbocycles. The van der Waals surface area contributed by atoms with Gasteiger partial charge in [-0.25, -0.2) is 0 Å². The zero-order valence-electron chi connectivity index (χ0n) is 17.6. The highest BCUT2D eigenvalue weighted by atomic mass is 19.4. The molecule has 2 bridgehead atoms. The maximum atomic E-state index is 13.2. The number of hydrogen-bond acceptors (Lipinski definition) is 3. The van der Waals surface area contributed by atoms with Gasteiger partial charge >= 0.3 is 6.18 Å². The van der Waals surface area contributed by atoms with Gasteiger partial charge < -0.3 is 10.6 Å². The molecule has 0 radical (unpaired) electrons. The summed E-state index contributed by atoms with van der Waals surface area (Å²) in [5, 5.41) is 5.56. The molecule has 4 rings (SSSR count). The van der Waals surface area contributed by atoms with E-state index in [2.05, 4.69) is 15.5 Å². The molecule has 8 heteroatoms. The Morgan fingerprint density at radius 2 is 1.56 bits per heavy atom. The molecule has 2 N–H and O–H groups in total. The van der Waals surface area contributed by atoms with Gasteiger partial charge in [0.2, 0.25) is 5.91 Å².